The third-order valence-electron chi connectivity index (χ3n) is 4.32. The Bertz CT molecular complexity index is 963. The van der Waals surface area contributed by atoms with Gasteiger partial charge in [-0.2, -0.15) is 0 Å². The van der Waals surface area contributed by atoms with E-state index < -0.39 is 0 Å². The van der Waals surface area contributed by atoms with Crippen LogP contribution in [0.5, 0.6) is 11.5 Å². The fourth-order valence-electron chi connectivity index (χ4n) is 2.90. The van der Waals surface area contributed by atoms with Crippen molar-refractivity contribution in [2.45, 2.75) is 19.8 Å². The zero-order valence-electron chi connectivity index (χ0n) is 15.7. The standard InChI is InChI=1S/C21H19Br2NO4S/c1-2-28-15-11-14(17(22)18(23)19(15)25)12-16-20(26)24(21(27)29-16)10-6-9-13-7-4-3-5-8-13/h3-5,7-8,11-12,25H,2,6,9-10H2,1H3/b16-12+. The molecule has 1 fully saturated rings. The minimum Gasteiger partial charge on any atom is -0.503 e. The molecule has 1 aliphatic heterocycles. The van der Waals surface area contributed by atoms with Gasteiger partial charge in [0.25, 0.3) is 11.1 Å². The second-order valence-electron chi connectivity index (χ2n) is 6.30. The molecule has 1 N–H and O–H groups in total. The average Bonchev–Trinajstić information content (AvgIpc) is 2.98. The molecule has 8 heteroatoms. The van der Waals surface area contributed by atoms with Crippen molar-refractivity contribution in [3.05, 3.63) is 61.4 Å². The van der Waals surface area contributed by atoms with Crippen molar-refractivity contribution in [3.63, 3.8) is 0 Å². The van der Waals surface area contributed by atoms with E-state index in [1.165, 1.54) is 10.5 Å². The number of phenols is 1. The number of nitrogens with zero attached hydrogens (tertiary/aromatic N) is 1. The summed E-state index contributed by atoms with van der Waals surface area (Å²) in [6.45, 7) is 2.58. The highest BCUT2D eigenvalue weighted by molar-refractivity contribution is 9.13. The summed E-state index contributed by atoms with van der Waals surface area (Å²) < 4.78 is 6.45. The molecule has 0 unspecified atom stereocenters. The van der Waals surface area contributed by atoms with Crippen LogP contribution >= 0.6 is 43.6 Å². The van der Waals surface area contributed by atoms with Gasteiger partial charge in [-0.05, 0) is 86.7 Å². The number of aromatic hydroxyl groups is 1. The van der Waals surface area contributed by atoms with Crippen LogP contribution in [0.1, 0.15) is 24.5 Å². The van der Waals surface area contributed by atoms with Crippen molar-refractivity contribution in [2.24, 2.45) is 0 Å². The Kier molecular flexibility index (Phi) is 7.43. The maximum atomic E-state index is 12.7. The lowest BCUT2D eigenvalue weighted by atomic mass is 10.1. The van der Waals surface area contributed by atoms with Gasteiger partial charge in [-0.1, -0.05) is 30.3 Å². The molecule has 5 nitrogen and oxygen atoms in total. The molecule has 1 heterocycles. The highest BCUT2D eigenvalue weighted by atomic mass is 79.9. The number of rotatable bonds is 7. The topological polar surface area (TPSA) is 66.8 Å². The summed E-state index contributed by atoms with van der Waals surface area (Å²) >= 11 is 7.66. The van der Waals surface area contributed by atoms with Crippen molar-refractivity contribution in [3.8, 4) is 11.5 Å². The van der Waals surface area contributed by atoms with Gasteiger partial charge in [-0.15, -0.1) is 0 Å². The molecule has 0 aromatic heterocycles. The lowest BCUT2D eigenvalue weighted by Gasteiger charge is -2.12. The molecule has 0 saturated carbocycles. The Labute approximate surface area is 190 Å². The minimum atomic E-state index is -0.304. The van der Waals surface area contributed by atoms with E-state index in [1.54, 1.807) is 12.1 Å². The Balaban J connectivity index is 1.76. The monoisotopic (exact) mass is 539 g/mol. The van der Waals surface area contributed by atoms with E-state index in [1.807, 2.05) is 37.3 Å². The van der Waals surface area contributed by atoms with E-state index in [0.29, 0.717) is 44.7 Å². The number of hydrogen-bond acceptors (Lipinski definition) is 5. The van der Waals surface area contributed by atoms with Crippen LogP contribution in [0.4, 0.5) is 4.79 Å². The van der Waals surface area contributed by atoms with Gasteiger partial charge >= 0.3 is 0 Å². The number of halogens is 2. The molecule has 0 atom stereocenters. The molecule has 0 spiro atoms. The van der Waals surface area contributed by atoms with Crippen LogP contribution in [0.15, 0.2) is 50.2 Å². The molecule has 152 valence electrons. The van der Waals surface area contributed by atoms with E-state index in [4.69, 9.17) is 4.74 Å². The van der Waals surface area contributed by atoms with E-state index in [-0.39, 0.29) is 16.9 Å². The zero-order chi connectivity index (χ0) is 21.0. The molecule has 2 aromatic carbocycles. The number of aryl methyl sites for hydroxylation is 1. The molecule has 0 radical (unpaired) electrons. The van der Waals surface area contributed by atoms with Crippen molar-refractivity contribution in [2.75, 3.05) is 13.2 Å². The number of hydrogen-bond donors (Lipinski definition) is 1. The predicted octanol–water partition coefficient (Wildman–Crippen LogP) is 5.99. The van der Waals surface area contributed by atoms with Crippen LogP contribution in [0.2, 0.25) is 0 Å². The smallest absolute Gasteiger partial charge is 0.293 e. The first-order valence-corrected chi connectivity index (χ1v) is 11.5. The first kappa shape index (κ1) is 21.9. The van der Waals surface area contributed by atoms with Gasteiger partial charge in [0.2, 0.25) is 0 Å². The maximum absolute atomic E-state index is 12.7. The van der Waals surface area contributed by atoms with Crippen LogP contribution in [0.25, 0.3) is 6.08 Å². The fraction of sp³-hybridized carbons (Fsp3) is 0.238. The molecule has 29 heavy (non-hydrogen) atoms. The zero-order valence-corrected chi connectivity index (χ0v) is 19.6. The van der Waals surface area contributed by atoms with Crippen LogP contribution in [0, 0.1) is 0 Å². The molecule has 2 amide bonds. The van der Waals surface area contributed by atoms with Crippen LogP contribution in [0.3, 0.4) is 0 Å². The van der Waals surface area contributed by atoms with Gasteiger partial charge in [0.15, 0.2) is 11.5 Å². The van der Waals surface area contributed by atoms with Crippen molar-refractivity contribution in [1.82, 2.24) is 4.90 Å². The summed E-state index contributed by atoms with van der Waals surface area (Å²) in [5.74, 6) is -0.0251. The second-order valence-corrected chi connectivity index (χ2v) is 8.88. The molecule has 2 aromatic rings. The van der Waals surface area contributed by atoms with E-state index >= 15 is 0 Å². The highest BCUT2D eigenvalue weighted by Crippen LogP contribution is 2.43. The third kappa shape index (κ3) is 5.05. The van der Waals surface area contributed by atoms with Crippen molar-refractivity contribution >= 4 is 60.8 Å². The molecule has 1 aliphatic rings. The first-order chi connectivity index (χ1) is 13.9. The number of carbonyl (C=O) groups excluding carboxylic acids is 2. The van der Waals surface area contributed by atoms with Crippen molar-refractivity contribution in [1.29, 1.82) is 0 Å². The molecular formula is C21H19Br2NO4S. The number of amides is 2. The fourth-order valence-corrected chi connectivity index (χ4v) is 4.60. The predicted molar refractivity (Wildman–Crippen MR) is 122 cm³/mol. The number of benzene rings is 2. The van der Waals surface area contributed by atoms with Gasteiger partial charge < -0.3 is 9.84 Å². The largest absolute Gasteiger partial charge is 0.503 e. The molecular weight excluding hydrogens is 522 g/mol. The maximum Gasteiger partial charge on any atom is 0.293 e. The Morgan fingerprint density at radius 3 is 2.59 bits per heavy atom. The number of thioether (sulfide) groups is 1. The third-order valence-corrected chi connectivity index (χ3v) is 7.39. The first-order valence-electron chi connectivity index (χ1n) is 9.05. The van der Waals surface area contributed by atoms with Gasteiger partial charge in [0.1, 0.15) is 0 Å². The van der Waals surface area contributed by atoms with E-state index in [2.05, 4.69) is 31.9 Å². The summed E-state index contributed by atoms with van der Waals surface area (Å²) in [5.41, 5.74) is 1.81. The number of phenolic OH excluding ortho intramolecular Hbond substituents is 1. The van der Waals surface area contributed by atoms with Crippen LogP contribution in [-0.2, 0) is 11.2 Å². The molecule has 0 aliphatic carbocycles. The summed E-state index contributed by atoms with van der Waals surface area (Å²) in [4.78, 5) is 26.7. The Hall–Kier alpha value is -1.77. The van der Waals surface area contributed by atoms with Gasteiger partial charge in [0, 0.05) is 11.0 Å². The number of carbonyl (C=O) groups is 2. The quantitative estimate of drug-likeness (QED) is 0.437. The number of ether oxygens (including phenoxy) is 1. The van der Waals surface area contributed by atoms with Crippen LogP contribution in [-0.4, -0.2) is 34.3 Å². The molecule has 1 saturated heterocycles. The average molecular weight is 541 g/mol. The van der Waals surface area contributed by atoms with Gasteiger partial charge in [-0.3, -0.25) is 14.5 Å². The minimum absolute atomic E-state index is 0.0232. The summed E-state index contributed by atoms with van der Waals surface area (Å²) in [5, 5.41) is 9.89. The Morgan fingerprint density at radius 2 is 1.90 bits per heavy atom. The summed E-state index contributed by atoms with van der Waals surface area (Å²) in [7, 11) is 0. The second kappa shape index (κ2) is 9.82. The van der Waals surface area contributed by atoms with E-state index in [0.717, 1.165) is 18.2 Å². The summed E-state index contributed by atoms with van der Waals surface area (Å²) in [6, 6.07) is 11.6. The van der Waals surface area contributed by atoms with Crippen molar-refractivity contribution < 1.29 is 19.4 Å². The van der Waals surface area contributed by atoms with Gasteiger partial charge in [0.05, 0.1) is 16.0 Å². The lowest BCUT2D eigenvalue weighted by Crippen LogP contribution is -2.29. The van der Waals surface area contributed by atoms with Crippen LogP contribution < -0.4 is 4.74 Å². The SMILES string of the molecule is CCOc1cc(/C=C2/SC(=O)N(CCCc3ccccc3)C2=O)c(Br)c(Br)c1O. The number of imide groups is 1. The van der Waals surface area contributed by atoms with Gasteiger partial charge in [-0.25, -0.2) is 0 Å². The lowest BCUT2D eigenvalue weighted by molar-refractivity contribution is -0.122. The normalized spacial score (nSPS) is 15.4. The molecule has 3 rings (SSSR count). The summed E-state index contributed by atoms with van der Waals surface area (Å²) in [6.07, 6.45) is 3.15. The highest BCUT2D eigenvalue weighted by Gasteiger charge is 2.34. The van der Waals surface area contributed by atoms with E-state index in [9.17, 15) is 14.7 Å². The Morgan fingerprint density at radius 1 is 1.17 bits per heavy atom. The molecule has 0 bridgehead atoms.